The second kappa shape index (κ2) is 10.4. The van der Waals surface area contributed by atoms with E-state index >= 15 is 0 Å². The van der Waals surface area contributed by atoms with Gasteiger partial charge in [0.05, 0.1) is 24.3 Å². The van der Waals surface area contributed by atoms with E-state index in [1.165, 1.54) is 0 Å². The highest BCUT2D eigenvalue weighted by molar-refractivity contribution is 6.01. The number of benzene rings is 3. The molecule has 4 unspecified atom stereocenters. The van der Waals surface area contributed by atoms with Crippen LogP contribution in [0.2, 0.25) is 0 Å². The summed E-state index contributed by atoms with van der Waals surface area (Å²) >= 11 is 0. The summed E-state index contributed by atoms with van der Waals surface area (Å²) in [6, 6.07) is 26.8. The SMILES string of the molecule is N#CC1N=C(c2ccc(Oc3cccc(Oc4ccc(C5=NC(C#N)C(C#N)N5)cc4)c3)cc2)NC1C#N. The van der Waals surface area contributed by atoms with E-state index in [9.17, 15) is 0 Å². The Labute approximate surface area is 218 Å². The third-order valence-electron chi connectivity index (χ3n) is 5.83. The second-order valence-electron chi connectivity index (χ2n) is 8.33. The summed E-state index contributed by atoms with van der Waals surface area (Å²) < 4.78 is 11.9. The molecule has 0 saturated heterocycles. The maximum atomic E-state index is 9.15. The van der Waals surface area contributed by atoms with Crippen molar-refractivity contribution in [1.29, 1.82) is 21.0 Å². The zero-order chi connectivity index (χ0) is 26.5. The maximum Gasteiger partial charge on any atom is 0.172 e. The van der Waals surface area contributed by atoms with Gasteiger partial charge in [-0.2, -0.15) is 21.0 Å². The van der Waals surface area contributed by atoms with Crippen molar-refractivity contribution in [3.8, 4) is 47.3 Å². The molecule has 2 aliphatic heterocycles. The van der Waals surface area contributed by atoms with E-state index in [0.717, 1.165) is 11.1 Å². The van der Waals surface area contributed by atoms with Crippen molar-refractivity contribution < 1.29 is 9.47 Å². The van der Waals surface area contributed by atoms with Crippen molar-refractivity contribution in [3.05, 3.63) is 83.9 Å². The fraction of sp³-hybridized carbons (Fsp3) is 0.143. The summed E-state index contributed by atoms with van der Waals surface area (Å²) in [5, 5.41) is 42.5. The molecular formula is C28H18N8O2. The Morgan fingerprint density at radius 3 is 1.32 bits per heavy atom. The van der Waals surface area contributed by atoms with E-state index in [4.69, 9.17) is 30.5 Å². The molecule has 2 heterocycles. The predicted octanol–water partition coefficient (Wildman–Crippen LogP) is 3.54. The van der Waals surface area contributed by atoms with E-state index in [-0.39, 0.29) is 0 Å². The molecule has 4 atom stereocenters. The highest BCUT2D eigenvalue weighted by atomic mass is 16.5. The lowest BCUT2D eigenvalue weighted by molar-refractivity contribution is 0.460. The molecule has 2 N–H and O–H groups in total. The third-order valence-corrected chi connectivity index (χ3v) is 5.83. The van der Waals surface area contributed by atoms with Gasteiger partial charge in [-0.3, -0.25) is 0 Å². The number of aliphatic imine (C=N–C) groups is 2. The van der Waals surface area contributed by atoms with E-state index in [0.29, 0.717) is 34.7 Å². The van der Waals surface area contributed by atoms with Crippen LogP contribution in [0.25, 0.3) is 0 Å². The number of hydrogen-bond acceptors (Lipinski definition) is 10. The van der Waals surface area contributed by atoms with Gasteiger partial charge in [0, 0.05) is 17.2 Å². The molecule has 10 nitrogen and oxygen atoms in total. The van der Waals surface area contributed by atoms with Crippen molar-refractivity contribution in [3.63, 3.8) is 0 Å². The first-order chi connectivity index (χ1) is 18.6. The first-order valence-corrected chi connectivity index (χ1v) is 11.5. The molecule has 0 fully saturated rings. The first-order valence-electron chi connectivity index (χ1n) is 11.5. The average molecular weight is 499 g/mol. The highest BCUT2D eigenvalue weighted by Crippen LogP contribution is 2.29. The van der Waals surface area contributed by atoms with Crippen LogP contribution in [0.5, 0.6) is 23.0 Å². The summed E-state index contributed by atoms with van der Waals surface area (Å²) in [5.41, 5.74) is 1.50. The number of nitriles is 4. The standard InChI is InChI=1S/C28H18N8O2/c29-13-23-24(14-30)34-27(33-23)17-4-8-19(9-5-17)37-21-2-1-3-22(12-21)38-20-10-6-18(7-11-20)28-35-25(15-31)26(16-32)36-28/h1-12,23-26H,(H,33,34)(H,35,36). The fourth-order valence-corrected chi connectivity index (χ4v) is 3.92. The monoisotopic (exact) mass is 498 g/mol. The number of amidine groups is 2. The number of nitrogens with zero attached hydrogens (tertiary/aromatic N) is 6. The quantitative estimate of drug-likeness (QED) is 0.521. The summed E-state index contributed by atoms with van der Waals surface area (Å²) in [5.74, 6) is 3.35. The van der Waals surface area contributed by atoms with Crippen molar-refractivity contribution in [1.82, 2.24) is 10.6 Å². The largest absolute Gasteiger partial charge is 0.457 e. The number of rotatable bonds is 6. The van der Waals surface area contributed by atoms with Crippen molar-refractivity contribution >= 4 is 11.7 Å². The van der Waals surface area contributed by atoms with Gasteiger partial charge in [-0.1, -0.05) is 6.07 Å². The van der Waals surface area contributed by atoms with Crippen LogP contribution in [0, 0.1) is 45.3 Å². The second-order valence-corrected chi connectivity index (χ2v) is 8.33. The molecule has 0 bridgehead atoms. The van der Waals surface area contributed by atoms with Crippen LogP contribution in [0.1, 0.15) is 11.1 Å². The molecule has 0 aliphatic carbocycles. The van der Waals surface area contributed by atoms with Crippen molar-refractivity contribution in [2.75, 3.05) is 0 Å². The van der Waals surface area contributed by atoms with Gasteiger partial charge >= 0.3 is 0 Å². The molecule has 5 rings (SSSR count). The molecule has 0 spiro atoms. The van der Waals surface area contributed by atoms with Crippen LogP contribution in [-0.4, -0.2) is 35.8 Å². The van der Waals surface area contributed by atoms with E-state index in [2.05, 4.69) is 20.6 Å². The topological polar surface area (TPSA) is 162 Å². The van der Waals surface area contributed by atoms with Gasteiger partial charge in [0.25, 0.3) is 0 Å². The van der Waals surface area contributed by atoms with Gasteiger partial charge in [-0.25, -0.2) is 9.98 Å². The number of nitrogens with one attached hydrogen (secondary N) is 2. The van der Waals surface area contributed by atoms with Crippen molar-refractivity contribution in [2.45, 2.75) is 24.2 Å². The predicted molar refractivity (Wildman–Crippen MR) is 136 cm³/mol. The molecular weight excluding hydrogens is 480 g/mol. The number of ether oxygens (including phenoxy) is 2. The van der Waals surface area contributed by atoms with Gasteiger partial charge in [0.2, 0.25) is 0 Å². The normalized spacial score (nSPS) is 21.3. The first kappa shape index (κ1) is 23.9. The minimum absolute atomic E-state index is 0.501. The summed E-state index contributed by atoms with van der Waals surface area (Å²) in [6.45, 7) is 0. The Morgan fingerprint density at radius 1 is 0.553 bits per heavy atom. The molecule has 0 amide bonds. The molecule has 2 aliphatic rings. The molecule has 3 aromatic carbocycles. The Hall–Kier alpha value is -5.84. The smallest absolute Gasteiger partial charge is 0.172 e. The van der Waals surface area contributed by atoms with Crippen LogP contribution in [0.15, 0.2) is 82.8 Å². The minimum Gasteiger partial charge on any atom is -0.457 e. The molecule has 3 aromatic rings. The van der Waals surface area contributed by atoms with E-state index in [1.54, 1.807) is 54.6 Å². The van der Waals surface area contributed by atoms with E-state index in [1.807, 2.05) is 42.5 Å². The highest BCUT2D eigenvalue weighted by Gasteiger charge is 2.29. The third kappa shape index (κ3) is 4.93. The van der Waals surface area contributed by atoms with E-state index < -0.39 is 24.2 Å². The van der Waals surface area contributed by atoms with Gasteiger partial charge in [0.15, 0.2) is 24.2 Å². The molecule has 0 aromatic heterocycles. The molecule has 38 heavy (non-hydrogen) atoms. The summed E-state index contributed by atoms with van der Waals surface area (Å²) in [6.07, 6.45) is 0. The Kier molecular flexibility index (Phi) is 6.55. The van der Waals surface area contributed by atoms with Crippen LogP contribution >= 0.6 is 0 Å². The number of hydrogen-bond donors (Lipinski definition) is 2. The average Bonchev–Trinajstić information content (AvgIpc) is 3.58. The Balaban J connectivity index is 1.23. The zero-order valence-electron chi connectivity index (χ0n) is 19.7. The van der Waals surface area contributed by atoms with Gasteiger partial charge in [-0.05, 0) is 60.7 Å². The lowest BCUT2D eigenvalue weighted by Crippen LogP contribution is -2.32. The molecule has 182 valence electrons. The van der Waals surface area contributed by atoms with Crippen LogP contribution < -0.4 is 20.1 Å². The molecule has 0 saturated carbocycles. The zero-order valence-corrected chi connectivity index (χ0v) is 19.7. The lowest BCUT2D eigenvalue weighted by Gasteiger charge is -2.11. The molecule has 0 radical (unpaired) electrons. The molecule has 10 heteroatoms. The van der Waals surface area contributed by atoms with Crippen LogP contribution in [-0.2, 0) is 0 Å². The van der Waals surface area contributed by atoms with Crippen LogP contribution in [0.3, 0.4) is 0 Å². The minimum atomic E-state index is -0.732. The lowest BCUT2D eigenvalue weighted by atomic mass is 10.2. The summed E-state index contributed by atoms with van der Waals surface area (Å²) in [4.78, 5) is 8.53. The fourth-order valence-electron chi connectivity index (χ4n) is 3.92. The van der Waals surface area contributed by atoms with Gasteiger partial charge in [0.1, 0.15) is 34.7 Å². The summed E-state index contributed by atoms with van der Waals surface area (Å²) in [7, 11) is 0. The van der Waals surface area contributed by atoms with Crippen molar-refractivity contribution in [2.24, 2.45) is 9.98 Å². The van der Waals surface area contributed by atoms with Gasteiger partial charge < -0.3 is 20.1 Å². The van der Waals surface area contributed by atoms with Gasteiger partial charge in [-0.15, -0.1) is 0 Å². The maximum absolute atomic E-state index is 9.15. The Bertz CT molecular complexity index is 1470. The van der Waals surface area contributed by atoms with Crippen LogP contribution in [0.4, 0.5) is 0 Å². The Morgan fingerprint density at radius 2 is 0.974 bits per heavy atom.